The third kappa shape index (κ3) is 24.2. The largest absolute Gasteiger partial charge is 0.478 e. The first-order valence-electron chi connectivity index (χ1n) is 3.12. The molecular formula is C7H10N2O3. The monoisotopic (exact) mass is 170 g/mol. The molecule has 0 aromatic heterocycles. The Morgan fingerprint density at radius 3 is 2.08 bits per heavy atom. The second-order valence-corrected chi connectivity index (χ2v) is 1.59. The number of carboxylic acids is 1. The maximum atomic E-state index is 9.78. The molecule has 0 fully saturated rings. The van der Waals surface area contributed by atoms with Crippen LogP contribution in [0.3, 0.4) is 0 Å². The number of amides is 1. The van der Waals surface area contributed by atoms with E-state index in [9.17, 15) is 9.59 Å². The fraction of sp³-hybridized carbons (Fsp3) is 0.286. The summed E-state index contributed by atoms with van der Waals surface area (Å²) in [7, 11) is 0. The molecule has 0 rings (SSSR count). The fourth-order valence-corrected chi connectivity index (χ4v) is 0.153. The molecule has 0 aliphatic heterocycles. The van der Waals surface area contributed by atoms with Gasteiger partial charge in [0.05, 0.1) is 6.07 Å². The van der Waals surface area contributed by atoms with Crippen molar-refractivity contribution >= 4 is 11.9 Å². The molecule has 12 heavy (non-hydrogen) atoms. The van der Waals surface area contributed by atoms with Crippen LogP contribution in [0.25, 0.3) is 0 Å². The Balaban J connectivity index is 0. The lowest BCUT2D eigenvalue weighted by Gasteiger charge is -1.75. The molecule has 0 aliphatic carbocycles. The number of nitrogens with two attached hydrogens (primary N) is 1. The Hall–Kier alpha value is -1.83. The summed E-state index contributed by atoms with van der Waals surface area (Å²) in [5.74, 6) is -1.93. The number of carbonyl (C=O) groups is 2. The Morgan fingerprint density at radius 2 is 2.00 bits per heavy atom. The number of nitrogens with zero attached hydrogens (tertiary/aromatic N) is 1. The van der Waals surface area contributed by atoms with Crippen molar-refractivity contribution in [2.75, 3.05) is 0 Å². The molecule has 0 saturated heterocycles. The summed E-state index contributed by atoms with van der Waals surface area (Å²) in [4.78, 5) is 19.4. The minimum atomic E-state index is -1.18. The highest BCUT2D eigenvalue weighted by Gasteiger charge is 1.86. The van der Waals surface area contributed by atoms with E-state index in [4.69, 9.17) is 10.4 Å². The van der Waals surface area contributed by atoms with Gasteiger partial charge in [-0.05, 0) is 0 Å². The van der Waals surface area contributed by atoms with Crippen LogP contribution >= 0.6 is 0 Å². The molecule has 0 bridgehead atoms. The van der Waals surface area contributed by atoms with Crippen LogP contribution < -0.4 is 5.73 Å². The lowest BCUT2D eigenvalue weighted by atomic mass is 10.5. The predicted octanol–water partition coefficient (Wildman–Crippen LogP) is 0.0325. The third-order valence-corrected chi connectivity index (χ3v) is 0.548. The average Bonchev–Trinajstić information content (AvgIpc) is 2.01. The molecule has 0 spiro atoms. The van der Waals surface area contributed by atoms with Crippen LogP contribution in [0.2, 0.25) is 0 Å². The first-order chi connectivity index (χ1) is 5.54. The van der Waals surface area contributed by atoms with Crippen LogP contribution in [0.15, 0.2) is 12.2 Å². The van der Waals surface area contributed by atoms with Crippen molar-refractivity contribution in [3.63, 3.8) is 0 Å². The van der Waals surface area contributed by atoms with Crippen LogP contribution in [-0.2, 0) is 9.59 Å². The van der Waals surface area contributed by atoms with Crippen molar-refractivity contribution in [3.8, 4) is 6.07 Å². The number of hydrogen-bond acceptors (Lipinski definition) is 3. The number of hydrogen-bond donors (Lipinski definition) is 2. The summed E-state index contributed by atoms with van der Waals surface area (Å²) in [6, 6.07) is 1.93. The van der Waals surface area contributed by atoms with E-state index in [0.717, 1.165) is 6.08 Å². The Bertz CT molecular complexity index is 199. The van der Waals surface area contributed by atoms with Crippen LogP contribution in [-0.4, -0.2) is 17.0 Å². The van der Waals surface area contributed by atoms with Gasteiger partial charge in [0.2, 0.25) is 5.91 Å². The van der Waals surface area contributed by atoms with Crippen LogP contribution in [0, 0.1) is 11.3 Å². The minimum absolute atomic E-state index is 0.625. The van der Waals surface area contributed by atoms with Gasteiger partial charge in [0, 0.05) is 18.6 Å². The molecule has 0 aromatic rings. The zero-order valence-electron chi connectivity index (χ0n) is 6.65. The van der Waals surface area contributed by atoms with Gasteiger partial charge >= 0.3 is 5.97 Å². The fourth-order valence-electron chi connectivity index (χ4n) is 0.153. The van der Waals surface area contributed by atoms with Gasteiger partial charge < -0.3 is 10.8 Å². The molecule has 0 radical (unpaired) electrons. The van der Waals surface area contributed by atoms with Crippen molar-refractivity contribution in [1.29, 1.82) is 5.26 Å². The van der Waals surface area contributed by atoms with E-state index in [2.05, 4.69) is 5.73 Å². The molecule has 1 amide bonds. The normalized spacial score (nSPS) is 8.00. The molecule has 0 aromatic carbocycles. The smallest absolute Gasteiger partial charge is 0.328 e. The minimum Gasteiger partial charge on any atom is -0.478 e. The Kier molecular flexibility index (Phi) is 9.79. The number of rotatable bonds is 2. The van der Waals surface area contributed by atoms with Crippen molar-refractivity contribution < 1.29 is 14.7 Å². The van der Waals surface area contributed by atoms with Gasteiger partial charge in [-0.1, -0.05) is 6.92 Å². The molecule has 0 atom stereocenters. The number of primary amides is 1. The quantitative estimate of drug-likeness (QED) is 0.570. The second kappa shape index (κ2) is 9.17. The first kappa shape index (κ1) is 12.8. The standard InChI is InChI=1S/C4H5NO3.C3H5N/c5-3(6)1-2-4(7)8;1-2-3-4/h1-2H,(H2,5,6)(H,7,8);2H2,1H3/b2-1-;. The summed E-state index contributed by atoms with van der Waals surface area (Å²) in [5.41, 5.74) is 4.55. The zero-order chi connectivity index (χ0) is 9.98. The summed E-state index contributed by atoms with van der Waals surface area (Å²) < 4.78 is 0. The lowest BCUT2D eigenvalue weighted by molar-refractivity contribution is -0.131. The first-order valence-corrected chi connectivity index (χ1v) is 3.12. The highest BCUT2D eigenvalue weighted by atomic mass is 16.4. The van der Waals surface area contributed by atoms with E-state index in [1.54, 1.807) is 0 Å². The maximum Gasteiger partial charge on any atom is 0.328 e. The van der Waals surface area contributed by atoms with Crippen LogP contribution in [0.5, 0.6) is 0 Å². The van der Waals surface area contributed by atoms with E-state index in [1.165, 1.54) is 0 Å². The predicted molar refractivity (Wildman–Crippen MR) is 41.9 cm³/mol. The molecule has 5 nitrogen and oxygen atoms in total. The molecule has 0 saturated carbocycles. The number of aliphatic carboxylic acids is 1. The van der Waals surface area contributed by atoms with Gasteiger partial charge in [-0.25, -0.2) is 4.79 Å². The maximum absolute atomic E-state index is 9.78. The highest BCUT2D eigenvalue weighted by molar-refractivity contribution is 5.92. The number of carbonyl (C=O) groups excluding carboxylic acids is 1. The molecular weight excluding hydrogens is 160 g/mol. The summed E-state index contributed by atoms with van der Waals surface area (Å²) >= 11 is 0. The van der Waals surface area contributed by atoms with E-state index >= 15 is 0 Å². The molecule has 5 heteroatoms. The molecule has 0 unspecified atom stereocenters. The molecule has 0 aliphatic rings. The molecule has 3 N–H and O–H groups in total. The topological polar surface area (TPSA) is 104 Å². The molecule has 66 valence electrons. The van der Waals surface area contributed by atoms with Gasteiger partial charge in [-0.2, -0.15) is 5.26 Å². The SMILES string of the molecule is CCC#N.NC(=O)/C=C\C(=O)O. The lowest BCUT2D eigenvalue weighted by Crippen LogP contribution is -2.06. The summed E-state index contributed by atoms with van der Waals surface area (Å²) in [5, 5.41) is 15.5. The second-order valence-electron chi connectivity index (χ2n) is 1.59. The Morgan fingerprint density at radius 1 is 1.58 bits per heavy atom. The number of nitriles is 1. The molecule has 0 heterocycles. The third-order valence-electron chi connectivity index (χ3n) is 0.548. The number of carboxylic acid groups (broad SMARTS) is 1. The summed E-state index contributed by atoms with van der Waals surface area (Å²) in [6.07, 6.45) is 2.09. The van der Waals surface area contributed by atoms with Crippen LogP contribution in [0.1, 0.15) is 13.3 Å². The van der Waals surface area contributed by atoms with E-state index in [0.29, 0.717) is 12.5 Å². The highest BCUT2D eigenvalue weighted by Crippen LogP contribution is 1.68. The summed E-state index contributed by atoms with van der Waals surface area (Å²) in [6.45, 7) is 1.82. The van der Waals surface area contributed by atoms with Crippen molar-refractivity contribution in [2.45, 2.75) is 13.3 Å². The van der Waals surface area contributed by atoms with Crippen molar-refractivity contribution in [3.05, 3.63) is 12.2 Å². The van der Waals surface area contributed by atoms with Crippen LogP contribution in [0.4, 0.5) is 0 Å². The van der Waals surface area contributed by atoms with Crippen molar-refractivity contribution in [1.82, 2.24) is 0 Å². The van der Waals surface area contributed by atoms with Gasteiger partial charge in [-0.15, -0.1) is 0 Å². The van der Waals surface area contributed by atoms with E-state index < -0.39 is 11.9 Å². The van der Waals surface area contributed by atoms with Gasteiger partial charge in [0.15, 0.2) is 0 Å². The van der Waals surface area contributed by atoms with E-state index in [-0.39, 0.29) is 0 Å². The zero-order valence-corrected chi connectivity index (χ0v) is 6.65. The average molecular weight is 170 g/mol. The van der Waals surface area contributed by atoms with E-state index in [1.807, 2.05) is 13.0 Å². The Labute approximate surface area is 70.1 Å². The van der Waals surface area contributed by atoms with Gasteiger partial charge in [-0.3, -0.25) is 4.79 Å². The van der Waals surface area contributed by atoms with Gasteiger partial charge in [0.25, 0.3) is 0 Å². The van der Waals surface area contributed by atoms with Gasteiger partial charge in [0.1, 0.15) is 0 Å². The van der Waals surface area contributed by atoms with Crippen molar-refractivity contribution in [2.24, 2.45) is 5.73 Å².